The van der Waals surface area contributed by atoms with Crippen LogP contribution in [0.5, 0.6) is 0 Å². The van der Waals surface area contributed by atoms with Crippen molar-refractivity contribution in [1.29, 1.82) is 0 Å². The van der Waals surface area contributed by atoms with E-state index >= 15 is 0 Å². The molecule has 5 nitrogen and oxygen atoms in total. The van der Waals surface area contributed by atoms with Crippen LogP contribution in [0.15, 0.2) is 6.20 Å². The molecular weight excluding hydrogens is 250 g/mol. The molecule has 0 aliphatic rings. The number of nitrogens with one attached hydrogen (secondary N) is 1. The van der Waals surface area contributed by atoms with Gasteiger partial charge in [0.15, 0.2) is 0 Å². The van der Waals surface area contributed by atoms with Gasteiger partial charge in [0.1, 0.15) is 0 Å². The van der Waals surface area contributed by atoms with Gasteiger partial charge >= 0.3 is 0 Å². The molecular formula is C12H21N3O2S. The number of hydrogen-bond acceptors (Lipinski definition) is 4. The molecule has 1 amide bonds. The molecule has 2 atom stereocenters. The van der Waals surface area contributed by atoms with Crippen LogP contribution >= 0.6 is 11.8 Å². The van der Waals surface area contributed by atoms with Gasteiger partial charge in [-0.2, -0.15) is 16.9 Å². The molecule has 18 heavy (non-hydrogen) atoms. The van der Waals surface area contributed by atoms with Crippen LogP contribution in [0.2, 0.25) is 0 Å². The fourth-order valence-electron chi connectivity index (χ4n) is 1.80. The Morgan fingerprint density at radius 3 is 2.83 bits per heavy atom. The first-order valence-electron chi connectivity index (χ1n) is 6.00. The smallest absolute Gasteiger partial charge is 0.255 e. The summed E-state index contributed by atoms with van der Waals surface area (Å²) in [7, 11) is 1.80. The molecule has 6 heteroatoms. The topological polar surface area (TPSA) is 67.2 Å². The minimum Gasteiger partial charge on any atom is -0.395 e. The predicted octanol–water partition coefficient (Wildman–Crippen LogP) is 0.825. The number of carbonyl (C=O) groups excluding carboxylic acids is 1. The minimum atomic E-state index is -0.125. The molecule has 0 saturated heterocycles. The van der Waals surface area contributed by atoms with Crippen molar-refractivity contribution in [2.75, 3.05) is 12.9 Å². The summed E-state index contributed by atoms with van der Waals surface area (Å²) in [6, 6.07) is -0.0811. The highest BCUT2D eigenvalue weighted by Gasteiger charge is 2.20. The van der Waals surface area contributed by atoms with Gasteiger partial charge in [0, 0.05) is 24.5 Å². The van der Waals surface area contributed by atoms with Crippen molar-refractivity contribution in [3.05, 3.63) is 17.5 Å². The molecule has 0 aliphatic heterocycles. The van der Waals surface area contributed by atoms with Crippen LogP contribution in [0.1, 0.15) is 29.9 Å². The SMILES string of the molecule is CCc1nn(C)cc1C(=O)NC(C)C(CO)SC. The van der Waals surface area contributed by atoms with Crippen molar-refractivity contribution in [1.82, 2.24) is 15.1 Å². The highest BCUT2D eigenvalue weighted by molar-refractivity contribution is 7.99. The average Bonchev–Trinajstić information content (AvgIpc) is 2.72. The quantitative estimate of drug-likeness (QED) is 0.804. The third-order valence-corrected chi connectivity index (χ3v) is 4.05. The number of aliphatic hydroxyl groups is 1. The second-order valence-electron chi connectivity index (χ2n) is 4.24. The molecule has 1 rings (SSSR count). The molecule has 0 aliphatic carbocycles. The fraction of sp³-hybridized carbons (Fsp3) is 0.667. The van der Waals surface area contributed by atoms with E-state index in [1.807, 2.05) is 20.1 Å². The molecule has 0 saturated carbocycles. The molecule has 2 unspecified atom stereocenters. The van der Waals surface area contributed by atoms with Crippen LogP contribution in [-0.2, 0) is 13.5 Å². The zero-order chi connectivity index (χ0) is 13.7. The van der Waals surface area contributed by atoms with E-state index in [-0.39, 0.29) is 23.8 Å². The van der Waals surface area contributed by atoms with E-state index in [2.05, 4.69) is 10.4 Å². The van der Waals surface area contributed by atoms with Gasteiger partial charge in [-0.15, -0.1) is 0 Å². The summed E-state index contributed by atoms with van der Waals surface area (Å²) in [5.41, 5.74) is 1.41. The van der Waals surface area contributed by atoms with Gasteiger partial charge in [0.05, 0.1) is 17.9 Å². The lowest BCUT2D eigenvalue weighted by atomic mass is 10.1. The number of thioether (sulfide) groups is 1. The molecule has 1 aromatic rings. The van der Waals surface area contributed by atoms with Crippen molar-refractivity contribution in [3.8, 4) is 0 Å². The van der Waals surface area contributed by atoms with E-state index in [0.717, 1.165) is 12.1 Å². The van der Waals surface area contributed by atoms with Gasteiger partial charge < -0.3 is 10.4 Å². The zero-order valence-electron chi connectivity index (χ0n) is 11.3. The highest BCUT2D eigenvalue weighted by atomic mass is 32.2. The predicted molar refractivity (Wildman–Crippen MR) is 73.9 cm³/mol. The molecule has 2 N–H and O–H groups in total. The largest absolute Gasteiger partial charge is 0.395 e. The van der Waals surface area contributed by atoms with E-state index in [0.29, 0.717) is 5.56 Å². The molecule has 0 aromatic carbocycles. The first-order valence-corrected chi connectivity index (χ1v) is 7.29. The van der Waals surface area contributed by atoms with Gasteiger partial charge in [0.25, 0.3) is 5.91 Å². The number of carbonyl (C=O) groups is 1. The summed E-state index contributed by atoms with van der Waals surface area (Å²) < 4.78 is 1.65. The number of nitrogens with zero attached hydrogens (tertiary/aromatic N) is 2. The number of aliphatic hydroxyl groups excluding tert-OH is 1. The Labute approximate surface area is 112 Å². The Bertz CT molecular complexity index is 402. The summed E-state index contributed by atoms with van der Waals surface area (Å²) in [4.78, 5) is 12.1. The van der Waals surface area contributed by atoms with Crippen LogP contribution in [0.4, 0.5) is 0 Å². The van der Waals surface area contributed by atoms with Crippen molar-refractivity contribution in [2.24, 2.45) is 7.05 Å². The number of amides is 1. The summed E-state index contributed by atoms with van der Waals surface area (Å²) >= 11 is 1.54. The lowest BCUT2D eigenvalue weighted by Crippen LogP contribution is -2.41. The first kappa shape index (κ1) is 15.0. The van der Waals surface area contributed by atoms with Gasteiger partial charge in [-0.05, 0) is 19.6 Å². The summed E-state index contributed by atoms with van der Waals surface area (Å²) in [6.07, 6.45) is 4.38. The third-order valence-electron chi connectivity index (χ3n) is 2.88. The summed E-state index contributed by atoms with van der Waals surface area (Å²) in [5, 5.41) is 16.4. The Hall–Kier alpha value is -1.01. The molecule has 0 fully saturated rings. The van der Waals surface area contributed by atoms with E-state index in [1.165, 1.54) is 0 Å². The molecule has 0 spiro atoms. The van der Waals surface area contributed by atoms with Crippen molar-refractivity contribution in [2.45, 2.75) is 31.6 Å². The van der Waals surface area contributed by atoms with Crippen LogP contribution in [-0.4, -0.2) is 44.9 Å². The zero-order valence-corrected chi connectivity index (χ0v) is 12.1. The Morgan fingerprint density at radius 1 is 1.67 bits per heavy atom. The Kier molecular flexibility index (Phi) is 5.68. The van der Waals surface area contributed by atoms with Crippen molar-refractivity contribution < 1.29 is 9.90 Å². The van der Waals surface area contributed by atoms with Gasteiger partial charge in [-0.1, -0.05) is 6.92 Å². The maximum atomic E-state index is 12.1. The number of aromatic nitrogens is 2. The molecule has 1 heterocycles. The van der Waals surface area contributed by atoms with E-state index < -0.39 is 0 Å². The molecule has 102 valence electrons. The standard InChI is InChI=1S/C12H21N3O2S/c1-5-10-9(6-15(3)14-10)12(17)13-8(2)11(7-16)18-4/h6,8,11,16H,5,7H2,1-4H3,(H,13,17). The summed E-state index contributed by atoms with van der Waals surface area (Å²) in [5.74, 6) is -0.125. The maximum Gasteiger partial charge on any atom is 0.255 e. The van der Waals surface area contributed by atoms with Gasteiger partial charge in [-0.25, -0.2) is 0 Å². The van der Waals surface area contributed by atoms with E-state index in [1.54, 1.807) is 29.7 Å². The number of aryl methyl sites for hydroxylation is 2. The number of hydrogen-bond donors (Lipinski definition) is 2. The molecule has 1 aromatic heterocycles. The highest BCUT2D eigenvalue weighted by Crippen LogP contribution is 2.12. The van der Waals surface area contributed by atoms with Gasteiger partial charge in [0.2, 0.25) is 0 Å². The monoisotopic (exact) mass is 271 g/mol. The van der Waals surface area contributed by atoms with Crippen molar-refractivity contribution >= 4 is 17.7 Å². The second-order valence-corrected chi connectivity index (χ2v) is 5.31. The Morgan fingerprint density at radius 2 is 2.33 bits per heavy atom. The van der Waals surface area contributed by atoms with Crippen LogP contribution in [0, 0.1) is 0 Å². The van der Waals surface area contributed by atoms with Crippen LogP contribution in [0.25, 0.3) is 0 Å². The van der Waals surface area contributed by atoms with Gasteiger partial charge in [-0.3, -0.25) is 9.48 Å². The number of rotatable bonds is 6. The molecule has 0 bridgehead atoms. The fourth-order valence-corrected chi connectivity index (χ4v) is 2.42. The van der Waals surface area contributed by atoms with E-state index in [4.69, 9.17) is 0 Å². The average molecular weight is 271 g/mol. The maximum absolute atomic E-state index is 12.1. The lowest BCUT2D eigenvalue weighted by Gasteiger charge is -2.21. The summed E-state index contributed by atoms with van der Waals surface area (Å²) in [6.45, 7) is 3.93. The minimum absolute atomic E-state index is 0.00991. The van der Waals surface area contributed by atoms with E-state index in [9.17, 15) is 9.90 Å². The normalized spacial score (nSPS) is 14.3. The first-order chi connectivity index (χ1) is 8.53. The third kappa shape index (κ3) is 3.49. The van der Waals surface area contributed by atoms with Crippen LogP contribution in [0.3, 0.4) is 0 Å². The second kappa shape index (κ2) is 6.80. The van der Waals surface area contributed by atoms with Crippen molar-refractivity contribution in [3.63, 3.8) is 0 Å². The van der Waals surface area contributed by atoms with Crippen LogP contribution < -0.4 is 5.32 Å². The molecule has 0 radical (unpaired) electrons. The Balaban J connectivity index is 2.75. The lowest BCUT2D eigenvalue weighted by molar-refractivity contribution is 0.0935.